The largest absolute Gasteiger partial charge is 0.490 e. The van der Waals surface area contributed by atoms with E-state index in [9.17, 15) is 14.4 Å². The van der Waals surface area contributed by atoms with Gasteiger partial charge in [-0.3, -0.25) is 14.9 Å². The van der Waals surface area contributed by atoms with Gasteiger partial charge in [0.2, 0.25) is 0 Å². The van der Waals surface area contributed by atoms with Crippen molar-refractivity contribution in [2.45, 2.75) is 6.92 Å². The van der Waals surface area contributed by atoms with Crippen molar-refractivity contribution in [2.24, 2.45) is 0 Å². The van der Waals surface area contributed by atoms with Crippen LogP contribution in [0.1, 0.15) is 12.5 Å². The first kappa shape index (κ1) is 18.2. The molecule has 1 aromatic carbocycles. The molecule has 2 rings (SSSR count). The van der Waals surface area contributed by atoms with Gasteiger partial charge < -0.3 is 14.2 Å². The summed E-state index contributed by atoms with van der Waals surface area (Å²) < 4.78 is 15.3. The van der Waals surface area contributed by atoms with Crippen LogP contribution in [-0.2, 0) is 14.3 Å². The van der Waals surface area contributed by atoms with E-state index in [-0.39, 0.29) is 22.3 Å². The van der Waals surface area contributed by atoms with Gasteiger partial charge in [0.05, 0.1) is 23.6 Å². The predicted octanol–water partition coefficient (Wildman–Crippen LogP) is 2.61. The number of amides is 2. The molecule has 0 radical (unpaired) electrons. The summed E-state index contributed by atoms with van der Waals surface area (Å²) in [6, 6.07) is 3.14. The van der Waals surface area contributed by atoms with E-state index in [1.54, 1.807) is 19.1 Å². The Bertz CT molecular complexity index is 718. The van der Waals surface area contributed by atoms with Crippen molar-refractivity contribution in [1.82, 2.24) is 5.32 Å². The van der Waals surface area contributed by atoms with Gasteiger partial charge >= 0.3 is 5.97 Å². The second-order valence-corrected chi connectivity index (χ2v) is 5.90. The lowest BCUT2D eigenvalue weighted by Crippen LogP contribution is -2.17. The molecule has 0 saturated carbocycles. The number of methoxy groups -OCH3 is 1. The van der Waals surface area contributed by atoms with E-state index in [4.69, 9.17) is 21.1 Å². The average Bonchev–Trinajstić information content (AvgIpc) is 2.84. The Hall–Kier alpha value is -2.19. The SMILES string of the molecule is CCOc1cc(/C=C2/SC(=O)NC2=O)cc(Cl)c1OCC(=O)OC. The van der Waals surface area contributed by atoms with E-state index in [0.717, 1.165) is 11.8 Å². The summed E-state index contributed by atoms with van der Waals surface area (Å²) in [6.07, 6.45) is 1.52. The fourth-order valence-electron chi connectivity index (χ4n) is 1.84. The number of carbonyl (C=O) groups excluding carboxylic acids is 3. The molecule has 0 atom stereocenters. The summed E-state index contributed by atoms with van der Waals surface area (Å²) in [7, 11) is 1.25. The third kappa shape index (κ3) is 4.42. The number of nitrogens with one attached hydrogen (secondary N) is 1. The van der Waals surface area contributed by atoms with Crippen LogP contribution in [0.25, 0.3) is 6.08 Å². The van der Waals surface area contributed by atoms with E-state index in [0.29, 0.717) is 17.9 Å². The van der Waals surface area contributed by atoms with Gasteiger partial charge in [-0.2, -0.15) is 0 Å². The van der Waals surface area contributed by atoms with E-state index in [1.165, 1.54) is 13.2 Å². The minimum atomic E-state index is -0.558. The molecular weight excluding hydrogens is 358 g/mol. The van der Waals surface area contributed by atoms with E-state index < -0.39 is 17.1 Å². The van der Waals surface area contributed by atoms with Crippen LogP contribution >= 0.6 is 23.4 Å². The van der Waals surface area contributed by atoms with Crippen molar-refractivity contribution in [3.05, 3.63) is 27.6 Å². The van der Waals surface area contributed by atoms with Gasteiger partial charge in [0.1, 0.15) is 0 Å². The van der Waals surface area contributed by atoms with Gasteiger partial charge in [-0.05, 0) is 42.5 Å². The first-order valence-electron chi connectivity index (χ1n) is 6.85. The van der Waals surface area contributed by atoms with Crippen LogP contribution in [0.15, 0.2) is 17.0 Å². The Morgan fingerprint density at radius 2 is 2.08 bits per heavy atom. The predicted molar refractivity (Wildman–Crippen MR) is 89.2 cm³/mol. The molecule has 128 valence electrons. The second-order valence-electron chi connectivity index (χ2n) is 4.48. The molecular formula is C15H14ClNO6S. The molecule has 2 amide bonds. The Kier molecular flexibility index (Phi) is 6.10. The first-order valence-corrected chi connectivity index (χ1v) is 8.04. The van der Waals surface area contributed by atoms with Crippen LogP contribution in [0.4, 0.5) is 4.79 Å². The second kappa shape index (κ2) is 8.07. The summed E-state index contributed by atoms with van der Waals surface area (Å²) in [5, 5.41) is 1.94. The number of imide groups is 1. The number of halogens is 1. The summed E-state index contributed by atoms with van der Waals surface area (Å²) >= 11 is 6.99. The number of benzene rings is 1. The quantitative estimate of drug-likeness (QED) is 0.607. The highest BCUT2D eigenvalue weighted by Gasteiger charge is 2.25. The minimum Gasteiger partial charge on any atom is -0.490 e. The molecule has 0 aromatic heterocycles. The summed E-state index contributed by atoms with van der Waals surface area (Å²) in [6.45, 7) is 1.81. The smallest absolute Gasteiger partial charge is 0.343 e. The maximum Gasteiger partial charge on any atom is 0.343 e. The summed E-state index contributed by atoms with van der Waals surface area (Å²) in [5.41, 5.74) is 0.557. The Morgan fingerprint density at radius 3 is 2.67 bits per heavy atom. The normalized spacial score (nSPS) is 15.4. The van der Waals surface area contributed by atoms with Crippen molar-refractivity contribution in [1.29, 1.82) is 0 Å². The number of hydrogen-bond acceptors (Lipinski definition) is 7. The molecule has 0 unspecified atom stereocenters. The highest BCUT2D eigenvalue weighted by Crippen LogP contribution is 2.38. The van der Waals surface area contributed by atoms with Crippen molar-refractivity contribution < 1.29 is 28.6 Å². The van der Waals surface area contributed by atoms with Gasteiger partial charge in [0.15, 0.2) is 18.1 Å². The van der Waals surface area contributed by atoms with E-state index >= 15 is 0 Å². The van der Waals surface area contributed by atoms with Gasteiger partial charge in [-0.1, -0.05) is 11.6 Å². The molecule has 24 heavy (non-hydrogen) atoms. The van der Waals surface area contributed by atoms with Crippen LogP contribution < -0.4 is 14.8 Å². The topological polar surface area (TPSA) is 90.9 Å². The zero-order valence-corrected chi connectivity index (χ0v) is 14.5. The fourth-order valence-corrected chi connectivity index (χ4v) is 2.79. The fraction of sp³-hybridized carbons (Fsp3) is 0.267. The molecule has 7 nitrogen and oxygen atoms in total. The number of esters is 1. The maximum absolute atomic E-state index is 11.6. The standard InChI is InChI=1S/C15H14ClNO6S/c1-3-22-10-5-8(6-11-14(19)17-15(20)24-11)4-9(16)13(10)23-7-12(18)21-2/h4-6H,3,7H2,1-2H3,(H,17,19,20)/b11-6+. The number of thioether (sulfide) groups is 1. The van der Waals surface area contributed by atoms with Gasteiger partial charge in [0.25, 0.3) is 11.1 Å². The van der Waals surface area contributed by atoms with Crippen LogP contribution in [0, 0.1) is 0 Å². The molecule has 1 fully saturated rings. The third-order valence-corrected chi connectivity index (χ3v) is 3.92. The lowest BCUT2D eigenvalue weighted by Gasteiger charge is -2.14. The average molecular weight is 372 g/mol. The lowest BCUT2D eigenvalue weighted by atomic mass is 10.2. The number of carbonyl (C=O) groups is 3. The van der Waals surface area contributed by atoms with Gasteiger partial charge in [0, 0.05) is 0 Å². The first-order chi connectivity index (χ1) is 11.4. The van der Waals surface area contributed by atoms with Crippen molar-refractivity contribution >= 4 is 46.6 Å². The number of ether oxygens (including phenoxy) is 3. The zero-order valence-electron chi connectivity index (χ0n) is 12.9. The number of hydrogen-bond donors (Lipinski definition) is 1. The molecule has 0 aliphatic carbocycles. The zero-order chi connectivity index (χ0) is 17.7. The molecule has 1 aliphatic heterocycles. The van der Waals surface area contributed by atoms with Crippen molar-refractivity contribution in [2.75, 3.05) is 20.3 Å². The highest BCUT2D eigenvalue weighted by atomic mass is 35.5. The Morgan fingerprint density at radius 1 is 1.33 bits per heavy atom. The summed E-state index contributed by atoms with van der Waals surface area (Å²) in [5.74, 6) is -0.511. The van der Waals surface area contributed by atoms with Gasteiger partial charge in [-0.15, -0.1) is 0 Å². The molecule has 9 heteroatoms. The Labute approximate surface area is 147 Å². The molecule has 1 saturated heterocycles. The van der Waals surface area contributed by atoms with Gasteiger partial charge in [-0.25, -0.2) is 4.79 Å². The third-order valence-electron chi connectivity index (χ3n) is 2.83. The van der Waals surface area contributed by atoms with Crippen LogP contribution in [0.2, 0.25) is 5.02 Å². The molecule has 0 bridgehead atoms. The van der Waals surface area contributed by atoms with E-state index in [2.05, 4.69) is 10.1 Å². The van der Waals surface area contributed by atoms with Crippen LogP contribution in [0.5, 0.6) is 11.5 Å². The van der Waals surface area contributed by atoms with Crippen LogP contribution in [-0.4, -0.2) is 37.4 Å². The monoisotopic (exact) mass is 371 g/mol. The molecule has 0 spiro atoms. The molecule has 1 aliphatic rings. The Balaban J connectivity index is 2.32. The molecule has 1 heterocycles. The van der Waals surface area contributed by atoms with Crippen molar-refractivity contribution in [3.8, 4) is 11.5 Å². The molecule has 1 aromatic rings. The lowest BCUT2D eigenvalue weighted by molar-refractivity contribution is -0.142. The van der Waals surface area contributed by atoms with E-state index in [1.807, 2.05) is 0 Å². The summed E-state index contributed by atoms with van der Waals surface area (Å²) in [4.78, 5) is 34.3. The highest BCUT2D eigenvalue weighted by molar-refractivity contribution is 8.18. The van der Waals surface area contributed by atoms with Crippen molar-refractivity contribution in [3.63, 3.8) is 0 Å². The van der Waals surface area contributed by atoms with Crippen LogP contribution in [0.3, 0.4) is 0 Å². The maximum atomic E-state index is 11.6. The minimum absolute atomic E-state index is 0.200. The molecule has 1 N–H and O–H groups in total. The number of rotatable bonds is 6.